The number of hydrogen-bond donors (Lipinski definition) is 0. The summed E-state index contributed by atoms with van der Waals surface area (Å²) in [6.45, 7) is 0. The Kier molecular flexibility index (Phi) is 3.24. The van der Waals surface area contributed by atoms with E-state index < -0.39 is 0 Å². The summed E-state index contributed by atoms with van der Waals surface area (Å²) in [7, 11) is 0. The molecule has 4 heteroatoms. The van der Waals surface area contributed by atoms with Gasteiger partial charge in [0.1, 0.15) is 11.5 Å². The Bertz CT molecular complexity index is 327. The number of aromatic nitrogens is 2. The minimum absolute atomic E-state index is 0.366. The van der Waals surface area contributed by atoms with E-state index in [1.165, 1.54) is 6.33 Å². The topological polar surface area (TPSA) is 49.6 Å². The van der Waals surface area contributed by atoms with Crippen molar-refractivity contribution < 1.29 is 0 Å². The van der Waals surface area contributed by atoms with Gasteiger partial charge in [0.05, 0.1) is 12.5 Å². The molecule has 60 valence electrons. The molecule has 12 heavy (non-hydrogen) atoms. The lowest BCUT2D eigenvalue weighted by atomic mass is 10.3. The van der Waals surface area contributed by atoms with Crippen LogP contribution in [0, 0.1) is 11.3 Å². The lowest BCUT2D eigenvalue weighted by Gasteiger charge is -1.92. The maximum Gasteiger partial charge on any atom is 0.139 e. The minimum Gasteiger partial charge on any atom is -0.244 e. The maximum absolute atomic E-state index is 8.25. The Hall–Kier alpha value is -1.40. The van der Waals surface area contributed by atoms with Gasteiger partial charge in [-0.2, -0.15) is 5.26 Å². The van der Waals surface area contributed by atoms with Crippen LogP contribution in [-0.2, 0) is 0 Å². The largest absolute Gasteiger partial charge is 0.244 e. The molecule has 0 aromatic carbocycles. The number of nitriles is 1. The van der Waals surface area contributed by atoms with E-state index in [1.54, 1.807) is 18.3 Å². The predicted octanol–water partition coefficient (Wildman–Crippen LogP) is 2.06. The van der Waals surface area contributed by atoms with Gasteiger partial charge in [-0.25, -0.2) is 9.97 Å². The van der Waals surface area contributed by atoms with Gasteiger partial charge in [0.2, 0.25) is 0 Å². The number of allylic oxidation sites excluding steroid dienone is 1. The van der Waals surface area contributed by atoms with Gasteiger partial charge in [-0.1, -0.05) is 23.8 Å². The molecule has 0 bridgehead atoms. The van der Waals surface area contributed by atoms with E-state index in [0.717, 1.165) is 5.56 Å². The highest BCUT2D eigenvalue weighted by molar-refractivity contribution is 6.30. The molecule has 1 rings (SSSR count). The predicted molar refractivity (Wildman–Crippen MR) is 46.3 cm³/mol. The molecule has 1 aromatic rings. The smallest absolute Gasteiger partial charge is 0.139 e. The van der Waals surface area contributed by atoms with Crippen molar-refractivity contribution in [3.05, 3.63) is 29.3 Å². The van der Waals surface area contributed by atoms with Crippen LogP contribution >= 0.6 is 11.6 Å². The van der Waals surface area contributed by atoms with Gasteiger partial charge >= 0.3 is 0 Å². The summed E-state index contributed by atoms with van der Waals surface area (Å²) >= 11 is 5.72. The van der Waals surface area contributed by atoms with Crippen LogP contribution < -0.4 is 0 Å². The molecule has 0 aliphatic carbocycles. The Morgan fingerprint density at radius 3 is 3.17 bits per heavy atom. The monoisotopic (exact) mass is 179 g/mol. The maximum atomic E-state index is 8.25. The van der Waals surface area contributed by atoms with Crippen LogP contribution in [0.4, 0.5) is 0 Å². The first-order chi connectivity index (χ1) is 5.84. The van der Waals surface area contributed by atoms with Crippen molar-refractivity contribution in [3.8, 4) is 6.07 Å². The van der Waals surface area contributed by atoms with E-state index >= 15 is 0 Å². The first-order valence-corrected chi connectivity index (χ1v) is 3.71. The molecule has 0 saturated carbocycles. The molecule has 0 N–H and O–H groups in total. The zero-order chi connectivity index (χ0) is 8.81. The van der Waals surface area contributed by atoms with Gasteiger partial charge in [0.25, 0.3) is 0 Å². The summed E-state index contributed by atoms with van der Waals surface area (Å²) in [6, 6.07) is 1.99. The first-order valence-electron chi connectivity index (χ1n) is 3.33. The Morgan fingerprint density at radius 2 is 2.50 bits per heavy atom. The van der Waals surface area contributed by atoms with Crippen molar-refractivity contribution in [3.63, 3.8) is 0 Å². The number of halogens is 1. The summed E-state index contributed by atoms with van der Waals surface area (Å²) in [5.41, 5.74) is 0.731. The van der Waals surface area contributed by atoms with Crippen LogP contribution in [0.1, 0.15) is 12.0 Å². The Labute approximate surface area is 75.3 Å². The fourth-order valence-electron chi connectivity index (χ4n) is 0.676. The van der Waals surface area contributed by atoms with Crippen LogP contribution in [0.2, 0.25) is 5.15 Å². The van der Waals surface area contributed by atoms with Crippen molar-refractivity contribution in [2.24, 2.45) is 0 Å². The van der Waals surface area contributed by atoms with E-state index in [4.69, 9.17) is 16.9 Å². The van der Waals surface area contributed by atoms with Crippen LogP contribution in [0.15, 0.2) is 18.6 Å². The minimum atomic E-state index is 0.366. The second kappa shape index (κ2) is 4.47. The van der Waals surface area contributed by atoms with Gasteiger partial charge in [-0.3, -0.25) is 0 Å². The quantitative estimate of drug-likeness (QED) is 0.653. The Morgan fingerprint density at radius 1 is 1.67 bits per heavy atom. The van der Waals surface area contributed by atoms with Crippen LogP contribution in [0.5, 0.6) is 0 Å². The van der Waals surface area contributed by atoms with Crippen molar-refractivity contribution >= 4 is 17.7 Å². The molecule has 0 spiro atoms. The average molecular weight is 180 g/mol. The average Bonchev–Trinajstić information content (AvgIpc) is 2.09. The molecular formula is C8H6ClN3. The highest BCUT2D eigenvalue weighted by Gasteiger charge is 1.94. The van der Waals surface area contributed by atoms with Crippen molar-refractivity contribution in [1.29, 1.82) is 5.26 Å². The third-order valence-corrected chi connectivity index (χ3v) is 1.51. The molecule has 0 fully saturated rings. The first kappa shape index (κ1) is 8.69. The van der Waals surface area contributed by atoms with Crippen LogP contribution in [0.3, 0.4) is 0 Å². The van der Waals surface area contributed by atoms with Crippen LogP contribution in [-0.4, -0.2) is 9.97 Å². The Balaban J connectivity index is 2.77. The van der Waals surface area contributed by atoms with Gasteiger partial charge in [0.15, 0.2) is 0 Å². The summed E-state index contributed by atoms with van der Waals surface area (Å²) < 4.78 is 0. The van der Waals surface area contributed by atoms with Gasteiger partial charge < -0.3 is 0 Å². The molecule has 0 amide bonds. The fraction of sp³-hybridized carbons (Fsp3) is 0.125. The molecule has 0 unspecified atom stereocenters. The van der Waals surface area contributed by atoms with Crippen molar-refractivity contribution in [2.75, 3.05) is 0 Å². The number of hydrogen-bond acceptors (Lipinski definition) is 3. The zero-order valence-corrected chi connectivity index (χ0v) is 6.99. The molecule has 0 aliphatic rings. The second-order valence-corrected chi connectivity index (χ2v) is 2.39. The van der Waals surface area contributed by atoms with Gasteiger partial charge in [-0.15, -0.1) is 0 Å². The fourth-order valence-corrected chi connectivity index (χ4v) is 0.831. The molecule has 0 aliphatic heterocycles. The third-order valence-electron chi connectivity index (χ3n) is 1.20. The van der Waals surface area contributed by atoms with E-state index in [0.29, 0.717) is 11.6 Å². The normalized spacial score (nSPS) is 10.0. The molecule has 3 nitrogen and oxygen atoms in total. The van der Waals surface area contributed by atoms with Crippen LogP contribution in [0.25, 0.3) is 6.08 Å². The molecule has 1 heterocycles. The number of rotatable bonds is 2. The zero-order valence-electron chi connectivity index (χ0n) is 6.24. The number of nitrogens with zero attached hydrogens (tertiary/aromatic N) is 3. The van der Waals surface area contributed by atoms with Crippen molar-refractivity contribution in [1.82, 2.24) is 9.97 Å². The standard InChI is InChI=1S/C8H6ClN3/c9-8-7(3-1-2-4-10)5-11-6-12-8/h1,3,5-6H,2H2. The van der Waals surface area contributed by atoms with Gasteiger partial charge in [0, 0.05) is 11.8 Å². The van der Waals surface area contributed by atoms with E-state index in [1.807, 2.05) is 6.07 Å². The highest BCUT2D eigenvalue weighted by Crippen LogP contribution is 2.11. The summed E-state index contributed by atoms with van der Waals surface area (Å²) in [6.07, 6.45) is 6.79. The second-order valence-electron chi connectivity index (χ2n) is 2.03. The summed E-state index contributed by atoms with van der Waals surface area (Å²) in [5, 5.41) is 8.65. The molecule has 0 radical (unpaired) electrons. The van der Waals surface area contributed by atoms with E-state index in [2.05, 4.69) is 9.97 Å². The van der Waals surface area contributed by atoms with E-state index in [9.17, 15) is 0 Å². The lowest BCUT2D eigenvalue weighted by Crippen LogP contribution is -1.81. The van der Waals surface area contributed by atoms with Crippen molar-refractivity contribution in [2.45, 2.75) is 6.42 Å². The molecule has 1 aromatic heterocycles. The lowest BCUT2D eigenvalue weighted by molar-refractivity contribution is 1.16. The summed E-state index contributed by atoms with van der Waals surface area (Å²) in [4.78, 5) is 7.57. The third kappa shape index (κ3) is 2.33. The van der Waals surface area contributed by atoms with Gasteiger partial charge in [-0.05, 0) is 0 Å². The molecular weight excluding hydrogens is 174 g/mol. The van der Waals surface area contributed by atoms with E-state index in [-0.39, 0.29) is 0 Å². The SMILES string of the molecule is N#CCC=Cc1cncnc1Cl. The summed E-state index contributed by atoms with van der Waals surface area (Å²) in [5.74, 6) is 0. The molecule has 0 saturated heterocycles. The molecule has 0 atom stereocenters. The highest BCUT2D eigenvalue weighted by atomic mass is 35.5.